The molecule has 1 atom stereocenters. The molecule has 0 bridgehead atoms. The summed E-state index contributed by atoms with van der Waals surface area (Å²) >= 11 is 0. The second-order valence-electron chi connectivity index (χ2n) is 7.59. The normalized spacial score (nSPS) is 13.4. The van der Waals surface area contributed by atoms with Crippen LogP contribution >= 0.6 is 0 Å². The molecule has 0 fully saturated rings. The number of aliphatic imine (C=N–C) groups is 1. The summed E-state index contributed by atoms with van der Waals surface area (Å²) in [5.41, 5.74) is 5.31. The summed E-state index contributed by atoms with van der Waals surface area (Å²) in [4.78, 5) is 16.2. The molecule has 2 N–H and O–H groups in total. The van der Waals surface area contributed by atoms with Gasteiger partial charge in [0, 0.05) is 24.6 Å². The minimum absolute atomic E-state index is 0.0914. The molecular weight excluding hydrogens is 300 g/mol. The van der Waals surface area contributed by atoms with Crippen molar-refractivity contribution in [3.05, 3.63) is 0 Å². The van der Waals surface area contributed by atoms with Crippen molar-refractivity contribution in [1.29, 1.82) is 0 Å². The van der Waals surface area contributed by atoms with E-state index in [4.69, 9.17) is 10.5 Å². The van der Waals surface area contributed by atoms with Crippen molar-refractivity contribution in [2.75, 3.05) is 13.2 Å². The molecule has 142 valence electrons. The maximum atomic E-state index is 11.8. The summed E-state index contributed by atoms with van der Waals surface area (Å²) < 4.78 is 5.38. The maximum absolute atomic E-state index is 11.8. The van der Waals surface area contributed by atoms with Crippen LogP contribution in [0.3, 0.4) is 0 Å². The fraction of sp³-hybridized carbons (Fsp3) is 0.900. The zero-order chi connectivity index (χ0) is 18.3. The minimum Gasteiger partial charge on any atom is -0.465 e. The van der Waals surface area contributed by atoms with E-state index < -0.39 is 0 Å². The Morgan fingerprint density at radius 3 is 2.17 bits per heavy atom. The maximum Gasteiger partial charge on any atom is 0.305 e. The van der Waals surface area contributed by atoms with Gasteiger partial charge in [-0.1, -0.05) is 72.1 Å². The van der Waals surface area contributed by atoms with Crippen LogP contribution in [0.15, 0.2) is 4.99 Å². The van der Waals surface area contributed by atoms with Crippen molar-refractivity contribution < 1.29 is 9.53 Å². The summed E-state index contributed by atoms with van der Waals surface area (Å²) in [7, 11) is 0. The number of unbranched alkanes of at least 4 members (excludes halogenated alkanes) is 8. The van der Waals surface area contributed by atoms with Crippen LogP contribution in [-0.2, 0) is 9.53 Å². The smallest absolute Gasteiger partial charge is 0.305 e. The largest absolute Gasteiger partial charge is 0.465 e. The molecule has 0 aliphatic carbocycles. The SMILES string of the molecule is CCCCCCCCCCCC(=O)OCC(C)(C)C=NC(C)CN. The Balaban J connectivity index is 3.63. The van der Waals surface area contributed by atoms with Gasteiger partial charge in [-0.05, 0) is 13.3 Å². The Labute approximate surface area is 149 Å². The van der Waals surface area contributed by atoms with Gasteiger partial charge in [-0.25, -0.2) is 0 Å². The number of carbonyl (C=O) groups is 1. The van der Waals surface area contributed by atoms with Crippen LogP contribution in [0.25, 0.3) is 0 Å². The highest BCUT2D eigenvalue weighted by Crippen LogP contribution is 2.14. The molecule has 0 aromatic heterocycles. The highest BCUT2D eigenvalue weighted by molar-refractivity contribution is 5.70. The highest BCUT2D eigenvalue weighted by Gasteiger charge is 2.18. The number of hydrogen-bond acceptors (Lipinski definition) is 4. The Morgan fingerprint density at radius 1 is 1.08 bits per heavy atom. The van der Waals surface area contributed by atoms with Gasteiger partial charge in [-0.15, -0.1) is 0 Å². The van der Waals surface area contributed by atoms with E-state index in [1.54, 1.807) is 0 Å². The molecule has 24 heavy (non-hydrogen) atoms. The Hall–Kier alpha value is -0.900. The molecule has 4 nitrogen and oxygen atoms in total. The molecule has 0 aromatic rings. The number of nitrogens with zero attached hydrogens (tertiary/aromatic N) is 1. The van der Waals surface area contributed by atoms with E-state index in [0.717, 1.165) is 12.8 Å². The van der Waals surface area contributed by atoms with E-state index in [-0.39, 0.29) is 17.4 Å². The lowest BCUT2D eigenvalue weighted by Crippen LogP contribution is -2.25. The van der Waals surface area contributed by atoms with Crippen molar-refractivity contribution in [3.63, 3.8) is 0 Å². The van der Waals surface area contributed by atoms with Gasteiger partial charge in [0.1, 0.15) is 6.61 Å². The topological polar surface area (TPSA) is 64.7 Å². The zero-order valence-electron chi connectivity index (χ0n) is 16.5. The molecular formula is C20H40N2O2. The van der Waals surface area contributed by atoms with Crippen molar-refractivity contribution in [1.82, 2.24) is 0 Å². The van der Waals surface area contributed by atoms with Crippen LogP contribution in [0.2, 0.25) is 0 Å². The predicted molar refractivity (Wildman–Crippen MR) is 104 cm³/mol. The van der Waals surface area contributed by atoms with Crippen molar-refractivity contribution in [3.8, 4) is 0 Å². The third kappa shape index (κ3) is 14.7. The fourth-order valence-corrected chi connectivity index (χ4v) is 2.35. The monoisotopic (exact) mass is 340 g/mol. The quantitative estimate of drug-likeness (QED) is 0.262. The van der Waals surface area contributed by atoms with E-state index in [1.807, 2.05) is 27.0 Å². The molecule has 4 heteroatoms. The molecule has 0 saturated heterocycles. The second kappa shape index (κ2) is 14.4. The molecule has 0 saturated carbocycles. The number of ether oxygens (including phenoxy) is 1. The molecule has 0 spiro atoms. The van der Waals surface area contributed by atoms with Gasteiger partial charge in [0.05, 0.1) is 6.04 Å². The van der Waals surface area contributed by atoms with Crippen LogP contribution in [-0.4, -0.2) is 31.4 Å². The van der Waals surface area contributed by atoms with Crippen LogP contribution in [0.1, 0.15) is 91.9 Å². The molecule has 0 aromatic carbocycles. The van der Waals surface area contributed by atoms with Gasteiger partial charge in [-0.3, -0.25) is 9.79 Å². The third-order valence-corrected chi connectivity index (χ3v) is 4.11. The van der Waals surface area contributed by atoms with Gasteiger partial charge in [0.25, 0.3) is 0 Å². The number of carbonyl (C=O) groups excluding carboxylic acids is 1. The third-order valence-electron chi connectivity index (χ3n) is 4.11. The van der Waals surface area contributed by atoms with Crippen molar-refractivity contribution in [2.45, 2.75) is 97.9 Å². The van der Waals surface area contributed by atoms with Crippen LogP contribution in [0.5, 0.6) is 0 Å². The van der Waals surface area contributed by atoms with Crippen molar-refractivity contribution in [2.24, 2.45) is 16.1 Å². The molecule has 0 rings (SSSR count). The first-order valence-corrected chi connectivity index (χ1v) is 9.81. The van der Waals surface area contributed by atoms with Crippen LogP contribution in [0, 0.1) is 5.41 Å². The van der Waals surface area contributed by atoms with E-state index >= 15 is 0 Å². The number of rotatable bonds is 15. The summed E-state index contributed by atoms with van der Waals surface area (Å²) in [6, 6.07) is 0.113. The van der Waals surface area contributed by atoms with Gasteiger partial charge < -0.3 is 10.5 Å². The first-order valence-electron chi connectivity index (χ1n) is 9.81. The highest BCUT2D eigenvalue weighted by atomic mass is 16.5. The standard InChI is InChI=1S/C20H40N2O2/c1-5-6-7-8-9-10-11-12-13-14-19(23)24-17-20(3,4)16-22-18(2)15-21/h16,18H,5-15,17,21H2,1-4H3. The minimum atomic E-state index is -0.239. The summed E-state index contributed by atoms with van der Waals surface area (Å²) in [6.07, 6.45) is 13.7. The Bertz CT molecular complexity index is 341. The first kappa shape index (κ1) is 23.1. The van der Waals surface area contributed by atoms with E-state index in [9.17, 15) is 4.79 Å². The lowest BCUT2D eigenvalue weighted by atomic mass is 9.97. The van der Waals surface area contributed by atoms with Gasteiger partial charge in [0.2, 0.25) is 0 Å². The average Bonchev–Trinajstić information content (AvgIpc) is 2.56. The molecule has 0 heterocycles. The summed E-state index contributed by atoms with van der Waals surface area (Å²) in [6.45, 7) is 9.17. The van der Waals surface area contributed by atoms with Gasteiger partial charge >= 0.3 is 5.97 Å². The first-order chi connectivity index (χ1) is 11.4. The molecule has 1 unspecified atom stereocenters. The fourth-order valence-electron chi connectivity index (χ4n) is 2.35. The van der Waals surface area contributed by atoms with Gasteiger partial charge in [0.15, 0.2) is 0 Å². The Kier molecular flexibility index (Phi) is 13.9. The molecule has 0 amide bonds. The molecule has 0 aliphatic heterocycles. The number of nitrogens with two attached hydrogens (primary N) is 1. The summed E-state index contributed by atoms with van der Waals surface area (Å²) in [5, 5.41) is 0. The van der Waals surface area contributed by atoms with E-state index in [1.165, 1.54) is 44.9 Å². The Morgan fingerprint density at radius 2 is 1.62 bits per heavy atom. The lowest BCUT2D eigenvalue weighted by Gasteiger charge is -2.19. The van der Waals surface area contributed by atoms with Crippen LogP contribution in [0.4, 0.5) is 0 Å². The van der Waals surface area contributed by atoms with Gasteiger partial charge in [-0.2, -0.15) is 0 Å². The predicted octanol–water partition coefficient (Wildman–Crippen LogP) is 4.89. The van der Waals surface area contributed by atoms with E-state index in [0.29, 0.717) is 19.6 Å². The number of hydrogen-bond donors (Lipinski definition) is 1. The van der Waals surface area contributed by atoms with E-state index in [2.05, 4.69) is 11.9 Å². The second-order valence-corrected chi connectivity index (χ2v) is 7.59. The van der Waals surface area contributed by atoms with Crippen LogP contribution < -0.4 is 5.73 Å². The lowest BCUT2D eigenvalue weighted by molar-refractivity contribution is -0.145. The van der Waals surface area contributed by atoms with Crippen molar-refractivity contribution >= 4 is 12.2 Å². The molecule has 0 radical (unpaired) electrons. The summed E-state index contributed by atoms with van der Waals surface area (Å²) in [5.74, 6) is -0.0914. The number of esters is 1. The zero-order valence-corrected chi connectivity index (χ0v) is 16.5. The average molecular weight is 341 g/mol. The molecule has 0 aliphatic rings.